The van der Waals surface area contributed by atoms with Crippen LogP contribution in [0.2, 0.25) is 0 Å². The molecular formula is C41H50N6O7. The molecule has 4 N–H and O–H groups in total. The fourth-order valence-electron chi connectivity index (χ4n) is 7.19. The average Bonchev–Trinajstić information content (AvgIpc) is 3.72. The summed E-state index contributed by atoms with van der Waals surface area (Å²) in [5.74, 6) is 0.215. The third-order valence-electron chi connectivity index (χ3n) is 10.1. The molecule has 13 nitrogen and oxygen atoms in total. The number of amides is 2. The van der Waals surface area contributed by atoms with Gasteiger partial charge in [0.1, 0.15) is 11.5 Å². The molecule has 3 aromatic carbocycles. The summed E-state index contributed by atoms with van der Waals surface area (Å²) in [7, 11) is 1.55. The summed E-state index contributed by atoms with van der Waals surface area (Å²) in [6.07, 6.45) is 8.57. The van der Waals surface area contributed by atoms with Crippen molar-refractivity contribution < 1.29 is 34.4 Å². The molecule has 1 aromatic heterocycles. The van der Waals surface area contributed by atoms with Crippen LogP contribution in [-0.2, 0) is 41.1 Å². The average molecular weight is 739 g/mol. The fraction of sp³-hybridized carbons (Fsp3) is 0.415. The lowest BCUT2D eigenvalue weighted by atomic mass is 9.83. The van der Waals surface area contributed by atoms with Gasteiger partial charge in [0.05, 0.1) is 43.4 Å². The first-order valence-corrected chi connectivity index (χ1v) is 18.6. The third kappa shape index (κ3) is 8.04. The smallest absolute Gasteiger partial charge is 0.264 e. The number of nitrogens with zero attached hydrogens (tertiary/aromatic N) is 5. The van der Waals surface area contributed by atoms with Crippen LogP contribution in [0.25, 0.3) is 0 Å². The molecule has 0 bridgehead atoms. The van der Waals surface area contributed by atoms with Crippen molar-refractivity contribution in [3.63, 3.8) is 0 Å². The Morgan fingerprint density at radius 3 is 2.54 bits per heavy atom. The highest BCUT2D eigenvalue weighted by molar-refractivity contribution is 6.08. The SMILES string of the molecule is CCOc1ccc2c(c1)CC(NCCCCO)C(=O)N2c1ccc(CN2C(=O)[C@](O)([C@H](C)/C=C/CCn3cc(CCO)nn3)c3cc(OC)ccc32)cc1. The number of anilines is 3. The second-order valence-electron chi connectivity index (χ2n) is 13.7. The Labute approximate surface area is 315 Å². The quantitative estimate of drug-likeness (QED) is 0.0861. The van der Waals surface area contributed by atoms with E-state index in [1.807, 2.05) is 68.5 Å². The molecule has 0 saturated heterocycles. The first-order chi connectivity index (χ1) is 26.2. The minimum atomic E-state index is -1.83. The summed E-state index contributed by atoms with van der Waals surface area (Å²) in [5, 5.41) is 42.1. The number of carbonyl (C=O) groups excluding carboxylic acids is 2. The first kappa shape index (κ1) is 38.6. The van der Waals surface area contributed by atoms with E-state index >= 15 is 0 Å². The number of ether oxygens (including phenoxy) is 2. The van der Waals surface area contributed by atoms with Crippen molar-refractivity contribution in [3.05, 3.63) is 101 Å². The maximum Gasteiger partial charge on any atom is 0.264 e. The van der Waals surface area contributed by atoms with E-state index in [4.69, 9.17) is 14.6 Å². The molecule has 0 saturated carbocycles. The van der Waals surface area contributed by atoms with Crippen LogP contribution < -0.4 is 24.6 Å². The van der Waals surface area contributed by atoms with Gasteiger partial charge in [0.25, 0.3) is 5.91 Å². The van der Waals surface area contributed by atoms with E-state index in [0.717, 1.165) is 34.7 Å². The van der Waals surface area contributed by atoms with Crippen molar-refractivity contribution in [2.75, 3.05) is 43.3 Å². The van der Waals surface area contributed by atoms with Crippen LogP contribution in [0.1, 0.15) is 55.5 Å². The molecule has 2 aliphatic rings. The van der Waals surface area contributed by atoms with Crippen LogP contribution in [0, 0.1) is 5.92 Å². The number of fused-ring (bicyclic) bond motifs is 2. The van der Waals surface area contributed by atoms with Crippen molar-refractivity contribution in [1.29, 1.82) is 0 Å². The van der Waals surface area contributed by atoms with Gasteiger partial charge >= 0.3 is 0 Å². The molecule has 6 rings (SSSR count). The van der Waals surface area contributed by atoms with Gasteiger partial charge in [-0.1, -0.05) is 36.4 Å². The Hall–Kier alpha value is -5.08. The number of aliphatic hydroxyl groups is 3. The predicted molar refractivity (Wildman–Crippen MR) is 205 cm³/mol. The van der Waals surface area contributed by atoms with Gasteiger partial charge in [-0.2, -0.15) is 0 Å². The third-order valence-corrected chi connectivity index (χ3v) is 10.1. The molecular weight excluding hydrogens is 688 g/mol. The molecule has 2 aliphatic heterocycles. The van der Waals surface area contributed by atoms with Crippen LogP contribution in [0.15, 0.2) is 79.0 Å². The van der Waals surface area contributed by atoms with E-state index < -0.39 is 23.5 Å². The zero-order valence-electron chi connectivity index (χ0n) is 31.1. The molecule has 0 aliphatic carbocycles. The lowest BCUT2D eigenvalue weighted by Gasteiger charge is -2.35. The standard InChI is InChI=1S/C41H50N6O7/c1-4-54-34-15-16-37-30(23-34)24-36(42-19-6-8-21-48)39(50)47(37)32-12-10-29(11-13-32)26-46-38-17-14-33(53-3)25-35(38)41(52,40(46)51)28(2)9-5-7-20-45-27-31(18-22-49)43-44-45/h5,9-17,23,25,27-28,36,42,48-49,52H,4,6-8,18-22,24,26H2,1-3H3/b9-5+/t28-,36?,41+/m1/s1. The summed E-state index contributed by atoms with van der Waals surface area (Å²) < 4.78 is 13.0. The van der Waals surface area contributed by atoms with E-state index in [1.165, 1.54) is 0 Å². The maximum atomic E-state index is 14.3. The second kappa shape index (κ2) is 17.4. The van der Waals surface area contributed by atoms with Gasteiger partial charge in [-0.25, -0.2) is 0 Å². The summed E-state index contributed by atoms with van der Waals surface area (Å²) >= 11 is 0. The zero-order chi connectivity index (χ0) is 38.2. The number of unbranched alkanes of at least 4 members (excludes halogenated alkanes) is 1. The Bertz CT molecular complexity index is 1950. The number of hydrogen-bond acceptors (Lipinski definition) is 10. The van der Waals surface area contributed by atoms with Crippen molar-refractivity contribution in [2.45, 2.75) is 70.7 Å². The van der Waals surface area contributed by atoms with E-state index in [0.29, 0.717) is 68.1 Å². The highest BCUT2D eigenvalue weighted by Gasteiger charge is 2.52. The summed E-state index contributed by atoms with van der Waals surface area (Å²) in [4.78, 5) is 31.5. The number of allylic oxidation sites excluding steroid dienone is 1. The number of nitrogens with one attached hydrogen (secondary N) is 1. The lowest BCUT2D eigenvalue weighted by molar-refractivity contribution is -0.139. The van der Waals surface area contributed by atoms with Crippen molar-refractivity contribution >= 4 is 28.9 Å². The number of aliphatic hydroxyl groups excluding tert-OH is 2. The number of aromatic nitrogens is 3. The molecule has 3 atom stereocenters. The van der Waals surface area contributed by atoms with E-state index in [9.17, 15) is 19.8 Å². The Balaban J connectivity index is 1.21. The number of aryl methyl sites for hydroxylation is 1. The molecule has 0 spiro atoms. The van der Waals surface area contributed by atoms with Gasteiger partial charge in [-0.05, 0) is 98.8 Å². The summed E-state index contributed by atoms with van der Waals surface area (Å²) in [6, 6.07) is 18.2. The second-order valence-corrected chi connectivity index (χ2v) is 13.7. The van der Waals surface area contributed by atoms with Crippen LogP contribution in [0.4, 0.5) is 17.1 Å². The summed E-state index contributed by atoms with van der Waals surface area (Å²) in [5.41, 5.74) is 3.27. The van der Waals surface area contributed by atoms with Gasteiger partial charge < -0.3 is 35.0 Å². The molecule has 1 unspecified atom stereocenters. The molecule has 2 amide bonds. The summed E-state index contributed by atoms with van der Waals surface area (Å²) in [6.45, 7) is 5.79. The molecule has 0 fully saturated rings. The Morgan fingerprint density at radius 2 is 1.80 bits per heavy atom. The highest BCUT2D eigenvalue weighted by atomic mass is 16.5. The van der Waals surface area contributed by atoms with Gasteiger partial charge in [-0.3, -0.25) is 19.2 Å². The van der Waals surface area contributed by atoms with Crippen molar-refractivity contribution in [1.82, 2.24) is 20.3 Å². The molecule has 3 heterocycles. The minimum absolute atomic E-state index is 0.00834. The highest BCUT2D eigenvalue weighted by Crippen LogP contribution is 2.47. The number of hydrogen-bond donors (Lipinski definition) is 4. The van der Waals surface area contributed by atoms with E-state index in [1.54, 1.807) is 46.0 Å². The number of methoxy groups -OCH3 is 1. The van der Waals surface area contributed by atoms with Crippen molar-refractivity contribution in [2.24, 2.45) is 5.92 Å². The zero-order valence-corrected chi connectivity index (χ0v) is 31.1. The maximum absolute atomic E-state index is 14.3. The Kier molecular flexibility index (Phi) is 12.4. The topological polar surface area (TPSA) is 163 Å². The molecule has 4 aromatic rings. The largest absolute Gasteiger partial charge is 0.497 e. The number of rotatable bonds is 18. The van der Waals surface area contributed by atoms with Gasteiger partial charge in [0.2, 0.25) is 5.91 Å². The van der Waals surface area contributed by atoms with E-state index in [-0.39, 0.29) is 25.7 Å². The minimum Gasteiger partial charge on any atom is -0.497 e. The molecule has 0 radical (unpaired) electrons. The normalized spacial score (nSPS) is 18.7. The molecule has 286 valence electrons. The van der Waals surface area contributed by atoms with Gasteiger partial charge in [-0.15, -0.1) is 5.10 Å². The van der Waals surface area contributed by atoms with Crippen LogP contribution >= 0.6 is 0 Å². The molecule has 54 heavy (non-hydrogen) atoms. The first-order valence-electron chi connectivity index (χ1n) is 18.6. The van der Waals surface area contributed by atoms with Crippen LogP contribution in [0.5, 0.6) is 11.5 Å². The van der Waals surface area contributed by atoms with Crippen LogP contribution in [-0.4, -0.2) is 81.6 Å². The number of carbonyl (C=O) groups is 2. The van der Waals surface area contributed by atoms with Gasteiger partial charge in [0.15, 0.2) is 5.60 Å². The van der Waals surface area contributed by atoms with Crippen molar-refractivity contribution in [3.8, 4) is 11.5 Å². The monoisotopic (exact) mass is 738 g/mol. The molecule has 13 heteroatoms. The van der Waals surface area contributed by atoms with Gasteiger partial charge in [0, 0.05) is 49.5 Å². The van der Waals surface area contributed by atoms with E-state index in [2.05, 4.69) is 15.6 Å². The fourth-order valence-corrected chi connectivity index (χ4v) is 7.19. The Morgan fingerprint density at radius 1 is 1.02 bits per heavy atom. The van der Waals surface area contributed by atoms with Crippen LogP contribution in [0.3, 0.4) is 0 Å². The predicted octanol–water partition coefficient (Wildman–Crippen LogP) is 4.19. The number of benzene rings is 3. The lowest BCUT2D eigenvalue weighted by Crippen LogP contribution is -2.49.